The van der Waals surface area contributed by atoms with E-state index >= 15 is 0 Å². The van der Waals surface area contributed by atoms with Gasteiger partial charge in [-0.3, -0.25) is 0 Å². The van der Waals surface area contributed by atoms with Gasteiger partial charge in [0.05, 0.1) is 6.92 Å². The molecule has 0 saturated carbocycles. The second-order valence-corrected chi connectivity index (χ2v) is 2.96. The van der Waals surface area contributed by atoms with Gasteiger partial charge < -0.3 is 12.4 Å². The highest BCUT2D eigenvalue weighted by Crippen LogP contribution is 2.07. The molecular formula is C11H10ClNO. The van der Waals surface area contributed by atoms with E-state index in [0.29, 0.717) is 0 Å². The standard InChI is InChI=1S/C11H10NO.ClH/c1-9(13)12-8-4-6-10-5-2-3-7-11(10)12;/h2-8H,1H3;1H/q+1;/p-1. The summed E-state index contributed by atoms with van der Waals surface area (Å²) < 4.78 is 1.65. The summed E-state index contributed by atoms with van der Waals surface area (Å²) in [7, 11) is 0. The fraction of sp³-hybridized carbons (Fsp3) is 0.0909. The molecular weight excluding hydrogens is 198 g/mol. The van der Waals surface area contributed by atoms with Crippen molar-refractivity contribution in [3.63, 3.8) is 0 Å². The number of aromatic nitrogens is 1. The number of carbonyl (C=O) groups is 1. The lowest BCUT2D eigenvalue weighted by Crippen LogP contribution is -3.00. The predicted molar refractivity (Wildman–Crippen MR) is 50.4 cm³/mol. The molecule has 0 atom stereocenters. The molecule has 14 heavy (non-hydrogen) atoms. The molecule has 0 bridgehead atoms. The molecule has 1 heterocycles. The lowest BCUT2D eigenvalue weighted by atomic mass is 10.2. The molecule has 0 N–H and O–H groups in total. The van der Waals surface area contributed by atoms with Crippen LogP contribution in [0.5, 0.6) is 0 Å². The lowest BCUT2D eigenvalue weighted by Gasteiger charge is -1.94. The lowest BCUT2D eigenvalue weighted by molar-refractivity contribution is -0.544. The molecule has 2 aromatic rings. The minimum atomic E-state index is 0. The van der Waals surface area contributed by atoms with Crippen molar-refractivity contribution in [1.29, 1.82) is 0 Å². The second kappa shape index (κ2) is 4.20. The quantitative estimate of drug-likeness (QED) is 0.497. The summed E-state index contributed by atoms with van der Waals surface area (Å²) >= 11 is 0. The van der Waals surface area contributed by atoms with Crippen molar-refractivity contribution >= 4 is 16.8 Å². The number of carbonyl (C=O) groups excluding carboxylic acids is 1. The zero-order valence-electron chi connectivity index (χ0n) is 7.77. The summed E-state index contributed by atoms with van der Waals surface area (Å²) in [5.74, 6) is 0.0387. The highest BCUT2D eigenvalue weighted by atomic mass is 35.5. The van der Waals surface area contributed by atoms with Gasteiger partial charge in [-0.25, -0.2) is 4.79 Å². The van der Waals surface area contributed by atoms with E-state index in [-0.39, 0.29) is 18.3 Å². The van der Waals surface area contributed by atoms with Crippen LogP contribution in [-0.4, -0.2) is 5.91 Å². The minimum absolute atomic E-state index is 0. The summed E-state index contributed by atoms with van der Waals surface area (Å²) in [6.07, 6.45) is 1.78. The molecule has 3 heteroatoms. The third kappa shape index (κ3) is 1.75. The molecule has 0 aliphatic rings. The Morgan fingerprint density at radius 2 is 1.79 bits per heavy atom. The molecule has 2 rings (SSSR count). The number of halogens is 1. The Morgan fingerprint density at radius 1 is 1.14 bits per heavy atom. The number of benzene rings is 1. The first-order valence-electron chi connectivity index (χ1n) is 4.19. The van der Waals surface area contributed by atoms with E-state index < -0.39 is 0 Å². The summed E-state index contributed by atoms with van der Waals surface area (Å²) in [5.41, 5.74) is 0.956. The van der Waals surface area contributed by atoms with Gasteiger partial charge >= 0.3 is 5.91 Å². The van der Waals surface area contributed by atoms with Crippen LogP contribution in [0, 0.1) is 0 Å². The Hall–Kier alpha value is -1.41. The Bertz CT molecular complexity index is 462. The van der Waals surface area contributed by atoms with Crippen LogP contribution in [0.3, 0.4) is 0 Å². The topological polar surface area (TPSA) is 20.9 Å². The van der Waals surface area contributed by atoms with E-state index in [1.165, 1.54) is 0 Å². The van der Waals surface area contributed by atoms with Crippen LogP contribution in [0.1, 0.15) is 11.7 Å². The number of hydrogen-bond donors (Lipinski definition) is 0. The monoisotopic (exact) mass is 207 g/mol. The first-order valence-corrected chi connectivity index (χ1v) is 4.19. The van der Waals surface area contributed by atoms with Crippen molar-refractivity contribution in [2.45, 2.75) is 6.92 Å². The fourth-order valence-corrected chi connectivity index (χ4v) is 1.44. The first-order chi connectivity index (χ1) is 6.29. The Labute approximate surface area is 88.6 Å². The van der Waals surface area contributed by atoms with E-state index in [9.17, 15) is 4.79 Å². The van der Waals surface area contributed by atoms with Gasteiger partial charge in [0.2, 0.25) is 5.52 Å². The van der Waals surface area contributed by atoms with E-state index in [1.54, 1.807) is 17.7 Å². The molecule has 72 valence electrons. The molecule has 1 aromatic heterocycles. The molecule has 0 aliphatic heterocycles. The van der Waals surface area contributed by atoms with E-state index in [0.717, 1.165) is 10.9 Å². The maximum Gasteiger partial charge on any atom is 0.389 e. The average Bonchev–Trinajstić information content (AvgIpc) is 2.17. The Kier molecular flexibility index (Phi) is 3.20. The van der Waals surface area contributed by atoms with Crippen molar-refractivity contribution in [3.8, 4) is 0 Å². The van der Waals surface area contributed by atoms with Gasteiger partial charge in [0.25, 0.3) is 0 Å². The zero-order valence-corrected chi connectivity index (χ0v) is 8.53. The van der Waals surface area contributed by atoms with Gasteiger partial charge in [-0.2, -0.15) is 0 Å². The minimum Gasteiger partial charge on any atom is -1.00 e. The fourth-order valence-electron chi connectivity index (χ4n) is 1.44. The van der Waals surface area contributed by atoms with Crippen molar-refractivity contribution in [1.82, 2.24) is 0 Å². The summed E-state index contributed by atoms with van der Waals surface area (Å²) in [6.45, 7) is 1.56. The van der Waals surface area contributed by atoms with Crippen LogP contribution in [0.15, 0.2) is 42.6 Å². The number of rotatable bonds is 0. The number of para-hydroxylation sites is 1. The molecule has 0 fully saturated rings. The van der Waals surface area contributed by atoms with E-state index in [2.05, 4.69) is 0 Å². The molecule has 0 aliphatic carbocycles. The molecule has 0 saturated heterocycles. The third-order valence-electron chi connectivity index (χ3n) is 2.05. The van der Waals surface area contributed by atoms with Crippen LogP contribution < -0.4 is 17.0 Å². The van der Waals surface area contributed by atoms with Crippen molar-refractivity contribution in [3.05, 3.63) is 42.6 Å². The first kappa shape index (κ1) is 10.7. The summed E-state index contributed by atoms with van der Waals surface area (Å²) in [4.78, 5) is 11.2. The van der Waals surface area contributed by atoms with Gasteiger partial charge in [0, 0.05) is 17.5 Å². The number of hydrogen-bond acceptors (Lipinski definition) is 1. The van der Waals surface area contributed by atoms with Crippen LogP contribution in [0.4, 0.5) is 0 Å². The summed E-state index contributed by atoms with van der Waals surface area (Å²) in [5, 5.41) is 1.08. The van der Waals surface area contributed by atoms with Crippen LogP contribution >= 0.6 is 0 Å². The molecule has 0 unspecified atom stereocenters. The predicted octanol–water partition coefficient (Wildman–Crippen LogP) is -1.21. The van der Waals surface area contributed by atoms with Crippen molar-refractivity contribution in [2.24, 2.45) is 0 Å². The molecule has 0 radical (unpaired) electrons. The summed E-state index contributed by atoms with van der Waals surface area (Å²) in [6, 6.07) is 11.7. The van der Waals surface area contributed by atoms with Crippen LogP contribution in [0.25, 0.3) is 10.9 Å². The molecule has 0 spiro atoms. The second-order valence-electron chi connectivity index (χ2n) is 2.96. The van der Waals surface area contributed by atoms with E-state index in [1.807, 2.05) is 36.4 Å². The van der Waals surface area contributed by atoms with Gasteiger partial charge in [0.15, 0.2) is 6.20 Å². The normalized spacial score (nSPS) is 9.50. The van der Waals surface area contributed by atoms with Crippen molar-refractivity contribution in [2.75, 3.05) is 0 Å². The van der Waals surface area contributed by atoms with Gasteiger partial charge in [-0.05, 0) is 12.1 Å². The highest BCUT2D eigenvalue weighted by molar-refractivity contribution is 5.79. The molecule has 0 amide bonds. The molecule has 1 aromatic carbocycles. The third-order valence-corrected chi connectivity index (χ3v) is 2.05. The van der Waals surface area contributed by atoms with Gasteiger partial charge in [-0.1, -0.05) is 12.1 Å². The Balaban J connectivity index is 0.000000980. The highest BCUT2D eigenvalue weighted by Gasteiger charge is 2.11. The maximum atomic E-state index is 11.2. The molecule has 2 nitrogen and oxygen atoms in total. The average molecular weight is 208 g/mol. The van der Waals surface area contributed by atoms with Crippen LogP contribution in [0.2, 0.25) is 0 Å². The van der Waals surface area contributed by atoms with Gasteiger partial charge in [-0.15, -0.1) is 4.57 Å². The smallest absolute Gasteiger partial charge is 0.389 e. The maximum absolute atomic E-state index is 11.2. The zero-order chi connectivity index (χ0) is 9.26. The number of nitrogens with zero attached hydrogens (tertiary/aromatic N) is 1. The Morgan fingerprint density at radius 3 is 2.50 bits per heavy atom. The van der Waals surface area contributed by atoms with E-state index in [4.69, 9.17) is 0 Å². The van der Waals surface area contributed by atoms with Gasteiger partial charge in [0.1, 0.15) is 0 Å². The van der Waals surface area contributed by atoms with Crippen molar-refractivity contribution < 1.29 is 21.8 Å². The van der Waals surface area contributed by atoms with Crippen LogP contribution in [-0.2, 0) is 0 Å². The SMILES string of the molecule is CC(=O)[n+]1cccc2ccccc21.[Cl-]. The number of pyridine rings is 1. The largest absolute Gasteiger partial charge is 1.00 e. The number of fused-ring (bicyclic) bond motifs is 1.